The minimum absolute atomic E-state index is 0.0332. The molecule has 4 rings (SSSR count). The van der Waals surface area contributed by atoms with Crippen molar-refractivity contribution in [2.45, 2.75) is 13.0 Å². The van der Waals surface area contributed by atoms with Gasteiger partial charge in [0.15, 0.2) is 5.13 Å². The molecule has 1 unspecified atom stereocenters. The van der Waals surface area contributed by atoms with Gasteiger partial charge in [-0.25, -0.2) is 4.98 Å². The van der Waals surface area contributed by atoms with Crippen LogP contribution in [0.25, 0.3) is 11.4 Å². The zero-order chi connectivity index (χ0) is 18.6. The summed E-state index contributed by atoms with van der Waals surface area (Å²) in [4.78, 5) is 39.4. The number of hydrogen-bond donors (Lipinski definition) is 1. The molecular formula is C19H17N5O2S. The van der Waals surface area contributed by atoms with Gasteiger partial charge >= 0.3 is 0 Å². The van der Waals surface area contributed by atoms with Crippen LogP contribution >= 0.6 is 11.3 Å². The van der Waals surface area contributed by atoms with Crippen LogP contribution in [0, 0.1) is 5.92 Å². The first-order valence-electron chi connectivity index (χ1n) is 8.54. The van der Waals surface area contributed by atoms with E-state index in [1.807, 2.05) is 41.8 Å². The maximum Gasteiger partial charge on any atom is 0.231 e. The Morgan fingerprint density at radius 2 is 1.96 bits per heavy atom. The third kappa shape index (κ3) is 4.01. The molecule has 4 heterocycles. The topological polar surface area (TPSA) is 88.1 Å². The van der Waals surface area contributed by atoms with Crippen LogP contribution in [-0.4, -0.2) is 38.2 Å². The predicted octanol–water partition coefficient (Wildman–Crippen LogP) is 2.59. The van der Waals surface area contributed by atoms with Crippen LogP contribution in [0.1, 0.15) is 12.1 Å². The SMILES string of the molecule is O=C(Nc1nc(-c2ccccn2)cs1)C1CC(=O)N(Cc2ccccn2)C1. The number of nitrogens with zero attached hydrogens (tertiary/aromatic N) is 4. The molecule has 1 atom stereocenters. The average Bonchev–Trinajstić information content (AvgIpc) is 3.30. The molecule has 3 aromatic heterocycles. The molecule has 0 spiro atoms. The van der Waals surface area contributed by atoms with Crippen molar-refractivity contribution in [3.05, 3.63) is 59.9 Å². The van der Waals surface area contributed by atoms with Crippen molar-refractivity contribution >= 4 is 28.3 Å². The van der Waals surface area contributed by atoms with E-state index in [-0.39, 0.29) is 24.2 Å². The van der Waals surface area contributed by atoms with E-state index in [1.54, 1.807) is 17.3 Å². The second-order valence-corrected chi connectivity index (χ2v) is 7.10. The lowest BCUT2D eigenvalue weighted by Gasteiger charge is -2.15. The first kappa shape index (κ1) is 17.3. The van der Waals surface area contributed by atoms with Gasteiger partial charge in [0, 0.05) is 30.7 Å². The Morgan fingerprint density at radius 1 is 1.15 bits per heavy atom. The predicted molar refractivity (Wildman–Crippen MR) is 102 cm³/mol. The van der Waals surface area contributed by atoms with E-state index in [4.69, 9.17) is 0 Å². The molecule has 1 aliphatic heterocycles. The number of anilines is 1. The van der Waals surface area contributed by atoms with Gasteiger partial charge < -0.3 is 10.2 Å². The monoisotopic (exact) mass is 379 g/mol. The number of aromatic nitrogens is 3. The van der Waals surface area contributed by atoms with E-state index in [0.717, 1.165) is 17.1 Å². The van der Waals surface area contributed by atoms with Gasteiger partial charge in [0.25, 0.3) is 0 Å². The highest BCUT2D eigenvalue weighted by molar-refractivity contribution is 7.14. The smallest absolute Gasteiger partial charge is 0.231 e. The van der Waals surface area contributed by atoms with E-state index in [1.165, 1.54) is 11.3 Å². The molecule has 136 valence electrons. The standard InChI is InChI=1S/C19H17N5O2S/c25-17-9-13(10-24(17)11-14-5-1-3-7-20-14)18(26)23-19-22-16(12-27-19)15-6-2-4-8-21-15/h1-8,12-13H,9-11H2,(H,22,23,26). The molecule has 1 N–H and O–H groups in total. The highest BCUT2D eigenvalue weighted by atomic mass is 32.1. The summed E-state index contributed by atoms with van der Waals surface area (Å²) in [5.41, 5.74) is 2.29. The van der Waals surface area contributed by atoms with E-state index in [0.29, 0.717) is 18.2 Å². The molecule has 1 aliphatic rings. The zero-order valence-electron chi connectivity index (χ0n) is 14.4. The fourth-order valence-corrected chi connectivity index (χ4v) is 3.67. The summed E-state index contributed by atoms with van der Waals surface area (Å²) in [5, 5.41) is 5.19. The third-order valence-corrected chi connectivity index (χ3v) is 5.08. The normalized spacial score (nSPS) is 16.5. The van der Waals surface area contributed by atoms with E-state index >= 15 is 0 Å². The van der Waals surface area contributed by atoms with Crippen LogP contribution in [0.3, 0.4) is 0 Å². The van der Waals surface area contributed by atoms with E-state index in [9.17, 15) is 9.59 Å². The molecule has 0 radical (unpaired) electrons. The number of carbonyl (C=O) groups excluding carboxylic acids is 2. The fraction of sp³-hybridized carbons (Fsp3) is 0.211. The number of rotatable bonds is 5. The van der Waals surface area contributed by atoms with Crippen LogP contribution in [0.2, 0.25) is 0 Å². The van der Waals surface area contributed by atoms with E-state index in [2.05, 4.69) is 20.3 Å². The Hall–Kier alpha value is -3.13. The Balaban J connectivity index is 1.38. The number of likely N-dealkylation sites (tertiary alicyclic amines) is 1. The molecule has 0 bridgehead atoms. The second-order valence-electron chi connectivity index (χ2n) is 6.24. The molecule has 7 nitrogen and oxygen atoms in total. The molecule has 8 heteroatoms. The Bertz CT molecular complexity index is 945. The maximum atomic E-state index is 12.5. The first-order valence-corrected chi connectivity index (χ1v) is 9.42. The maximum absolute atomic E-state index is 12.5. The summed E-state index contributed by atoms with van der Waals surface area (Å²) < 4.78 is 0. The van der Waals surface area contributed by atoms with Gasteiger partial charge in [-0.15, -0.1) is 11.3 Å². The summed E-state index contributed by atoms with van der Waals surface area (Å²) in [6, 6.07) is 11.2. The van der Waals surface area contributed by atoms with Crippen molar-refractivity contribution in [3.8, 4) is 11.4 Å². The van der Waals surface area contributed by atoms with Gasteiger partial charge in [-0.3, -0.25) is 19.6 Å². The highest BCUT2D eigenvalue weighted by Crippen LogP contribution is 2.25. The van der Waals surface area contributed by atoms with Crippen molar-refractivity contribution in [1.29, 1.82) is 0 Å². The Kier molecular flexibility index (Phi) is 4.88. The summed E-state index contributed by atoms with van der Waals surface area (Å²) in [6.07, 6.45) is 3.60. The summed E-state index contributed by atoms with van der Waals surface area (Å²) >= 11 is 1.34. The molecule has 0 saturated carbocycles. The third-order valence-electron chi connectivity index (χ3n) is 4.33. The fourth-order valence-electron chi connectivity index (χ4n) is 2.96. The van der Waals surface area contributed by atoms with Crippen molar-refractivity contribution in [2.75, 3.05) is 11.9 Å². The number of thiazole rings is 1. The van der Waals surface area contributed by atoms with Crippen molar-refractivity contribution < 1.29 is 9.59 Å². The van der Waals surface area contributed by atoms with Crippen LogP contribution < -0.4 is 5.32 Å². The molecule has 0 aromatic carbocycles. The number of hydrogen-bond acceptors (Lipinski definition) is 6. The van der Waals surface area contributed by atoms with Gasteiger partial charge in [0.2, 0.25) is 11.8 Å². The number of carbonyl (C=O) groups is 2. The van der Waals surface area contributed by atoms with Crippen molar-refractivity contribution in [3.63, 3.8) is 0 Å². The molecule has 2 amide bonds. The first-order chi connectivity index (χ1) is 13.2. The van der Waals surface area contributed by atoms with Gasteiger partial charge in [0.05, 0.1) is 23.9 Å². The second kappa shape index (κ2) is 7.63. The van der Waals surface area contributed by atoms with Gasteiger partial charge in [-0.2, -0.15) is 0 Å². The van der Waals surface area contributed by atoms with Gasteiger partial charge in [-0.05, 0) is 24.3 Å². The van der Waals surface area contributed by atoms with Crippen LogP contribution in [0.4, 0.5) is 5.13 Å². The van der Waals surface area contributed by atoms with Gasteiger partial charge in [-0.1, -0.05) is 12.1 Å². The van der Waals surface area contributed by atoms with Crippen LogP contribution in [0.5, 0.6) is 0 Å². The van der Waals surface area contributed by atoms with Crippen molar-refractivity contribution in [1.82, 2.24) is 19.9 Å². The highest BCUT2D eigenvalue weighted by Gasteiger charge is 2.34. The molecular weight excluding hydrogens is 362 g/mol. The molecule has 27 heavy (non-hydrogen) atoms. The quantitative estimate of drug-likeness (QED) is 0.736. The lowest BCUT2D eigenvalue weighted by Crippen LogP contribution is -2.28. The summed E-state index contributed by atoms with van der Waals surface area (Å²) in [6.45, 7) is 0.810. The average molecular weight is 379 g/mol. The number of amides is 2. The molecule has 0 aliphatic carbocycles. The summed E-state index contributed by atoms with van der Waals surface area (Å²) in [7, 11) is 0. The van der Waals surface area contributed by atoms with Crippen LogP contribution in [-0.2, 0) is 16.1 Å². The van der Waals surface area contributed by atoms with Gasteiger partial charge in [0.1, 0.15) is 5.69 Å². The molecule has 1 fully saturated rings. The number of nitrogens with one attached hydrogen (secondary N) is 1. The summed E-state index contributed by atoms with van der Waals surface area (Å²) in [5.74, 6) is -0.605. The largest absolute Gasteiger partial charge is 0.336 e. The Labute approximate surface area is 160 Å². The van der Waals surface area contributed by atoms with E-state index < -0.39 is 0 Å². The zero-order valence-corrected chi connectivity index (χ0v) is 15.2. The number of pyridine rings is 2. The molecule has 3 aromatic rings. The van der Waals surface area contributed by atoms with Crippen LogP contribution in [0.15, 0.2) is 54.2 Å². The molecule has 1 saturated heterocycles. The minimum Gasteiger partial charge on any atom is -0.336 e. The minimum atomic E-state index is -0.386. The Morgan fingerprint density at radius 3 is 2.70 bits per heavy atom. The lowest BCUT2D eigenvalue weighted by atomic mass is 10.1. The lowest BCUT2D eigenvalue weighted by molar-refractivity contribution is -0.128. The van der Waals surface area contributed by atoms with Crippen molar-refractivity contribution in [2.24, 2.45) is 5.92 Å².